The van der Waals surface area contributed by atoms with E-state index in [1.165, 1.54) is 0 Å². The van der Waals surface area contributed by atoms with E-state index in [0.717, 1.165) is 6.54 Å². The molecule has 2 heterocycles. The van der Waals surface area contributed by atoms with Gasteiger partial charge in [0.05, 0.1) is 0 Å². The number of nitrogens with zero attached hydrogens (tertiary/aromatic N) is 1. The van der Waals surface area contributed by atoms with Crippen LogP contribution in [-0.4, -0.2) is 47.3 Å². The molecule has 1 unspecified atom stereocenters. The maximum absolute atomic E-state index is 12.5. The highest BCUT2D eigenvalue weighted by Gasteiger charge is 2.21. The predicted octanol–water partition coefficient (Wildman–Crippen LogP) is 2.10. The van der Waals surface area contributed by atoms with Crippen LogP contribution in [-0.2, 0) is 0 Å². The van der Waals surface area contributed by atoms with Crippen LogP contribution in [0.25, 0.3) is 0 Å². The van der Waals surface area contributed by atoms with Crippen molar-refractivity contribution >= 4 is 24.1 Å². The van der Waals surface area contributed by atoms with Gasteiger partial charge in [-0.3, -0.25) is 9.59 Å². The molecular weight excluding hydrogens is 314 g/mol. The molecule has 0 radical (unpaired) electrons. The molecule has 2 aromatic rings. The Balaban J connectivity index is 0.00000192. The topological polar surface area (TPSA) is 65.2 Å². The van der Waals surface area contributed by atoms with Crippen molar-refractivity contribution in [2.24, 2.45) is 0 Å². The molecule has 1 amide bonds. The summed E-state index contributed by atoms with van der Waals surface area (Å²) >= 11 is 0. The summed E-state index contributed by atoms with van der Waals surface area (Å²) in [6, 6.07) is 8.95. The maximum Gasteiger partial charge on any atom is 0.253 e. The van der Waals surface area contributed by atoms with Gasteiger partial charge in [0.1, 0.15) is 0 Å². The van der Waals surface area contributed by atoms with E-state index in [0.29, 0.717) is 35.8 Å². The standard InChI is InChI=1S/C17H19N3O2.ClH/c1-12-11-20(9-8-19-12)17(22)14-4-2-13(3-5-14)16(21)15-6-7-18-10-15;/h2-7,10,12,18-19H,8-9,11H2,1H3;1H. The summed E-state index contributed by atoms with van der Waals surface area (Å²) < 4.78 is 0. The van der Waals surface area contributed by atoms with E-state index in [1.54, 1.807) is 42.7 Å². The first-order chi connectivity index (χ1) is 10.6. The summed E-state index contributed by atoms with van der Waals surface area (Å²) in [6.45, 7) is 4.31. The van der Waals surface area contributed by atoms with Crippen molar-refractivity contribution in [1.29, 1.82) is 0 Å². The minimum absolute atomic E-state index is 0. The summed E-state index contributed by atoms with van der Waals surface area (Å²) in [7, 11) is 0. The van der Waals surface area contributed by atoms with Crippen molar-refractivity contribution < 1.29 is 9.59 Å². The highest BCUT2D eigenvalue weighted by atomic mass is 35.5. The second-order valence-corrected chi connectivity index (χ2v) is 5.61. The molecule has 1 aliphatic rings. The van der Waals surface area contributed by atoms with Crippen molar-refractivity contribution in [3.8, 4) is 0 Å². The Morgan fingerprint density at radius 2 is 1.78 bits per heavy atom. The zero-order valence-corrected chi connectivity index (χ0v) is 13.7. The second-order valence-electron chi connectivity index (χ2n) is 5.61. The number of carbonyl (C=O) groups excluding carboxylic acids is 2. The number of aromatic nitrogens is 1. The van der Waals surface area contributed by atoms with Crippen LogP contribution in [0.15, 0.2) is 42.7 Å². The molecule has 5 nitrogen and oxygen atoms in total. The molecule has 1 atom stereocenters. The fourth-order valence-electron chi connectivity index (χ4n) is 2.70. The Kier molecular flexibility index (Phi) is 5.58. The number of ketones is 1. The number of nitrogens with one attached hydrogen (secondary N) is 2. The Morgan fingerprint density at radius 1 is 1.09 bits per heavy atom. The lowest BCUT2D eigenvalue weighted by Gasteiger charge is -2.32. The zero-order chi connectivity index (χ0) is 15.5. The molecule has 0 saturated carbocycles. The normalized spacial score (nSPS) is 17.4. The molecule has 0 bridgehead atoms. The van der Waals surface area contributed by atoms with Gasteiger partial charge in [0.15, 0.2) is 5.78 Å². The number of hydrogen-bond acceptors (Lipinski definition) is 3. The van der Waals surface area contributed by atoms with Gasteiger partial charge in [-0.25, -0.2) is 0 Å². The van der Waals surface area contributed by atoms with Crippen LogP contribution < -0.4 is 5.32 Å². The minimum Gasteiger partial charge on any atom is -0.367 e. The SMILES string of the molecule is CC1CN(C(=O)c2ccc(C(=O)c3cc[nH]c3)cc2)CCN1.Cl. The van der Waals surface area contributed by atoms with Gasteiger partial charge in [0.2, 0.25) is 0 Å². The number of rotatable bonds is 3. The highest BCUT2D eigenvalue weighted by molar-refractivity contribution is 6.09. The van der Waals surface area contributed by atoms with E-state index in [9.17, 15) is 9.59 Å². The van der Waals surface area contributed by atoms with Crippen molar-refractivity contribution in [2.45, 2.75) is 13.0 Å². The third-order valence-electron chi connectivity index (χ3n) is 3.91. The smallest absolute Gasteiger partial charge is 0.253 e. The number of halogens is 1. The zero-order valence-electron chi connectivity index (χ0n) is 12.9. The van der Waals surface area contributed by atoms with Crippen LogP contribution in [0.2, 0.25) is 0 Å². The molecule has 1 aliphatic heterocycles. The average molecular weight is 334 g/mol. The molecule has 122 valence electrons. The van der Waals surface area contributed by atoms with E-state index in [1.807, 2.05) is 4.90 Å². The summed E-state index contributed by atoms with van der Waals surface area (Å²) in [6.07, 6.45) is 3.39. The molecule has 6 heteroatoms. The Labute approximate surface area is 141 Å². The number of aromatic amines is 1. The Morgan fingerprint density at radius 3 is 2.39 bits per heavy atom. The maximum atomic E-state index is 12.5. The Hall–Kier alpha value is -2.11. The van der Waals surface area contributed by atoms with Gasteiger partial charge in [-0.05, 0) is 25.1 Å². The summed E-state index contributed by atoms with van der Waals surface area (Å²) in [4.78, 5) is 29.4. The van der Waals surface area contributed by atoms with Crippen LogP contribution in [0, 0.1) is 0 Å². The molecule has 3 rings (SSSR count). The molecule has 2 N–H and O–H groups in total. The van der Waals surface area contributed by atoms with Gasteiger partial charge in [0.25, 0.3) is 5.91 Å². The second kappa shape index (κ2) is 7.44. The third-order valence-corrected chi connectivity index (χ3v) is 3.91. The third kappa shape index (κ3) is 3.81. The number of benzene rings is 1. The number of amides is 1. The van der Waals surface area contributed by atoms with E-state index in [2.05, 4.69) is 17.2 Å². The van der Waals surface area contributed by atoms with Crippen LogP contribution in [0.1, 0.15) is 33.2 Å². The molecular formula is C17H20ClN3O2. The monoisotopic (exact) mass is 333 g/mol. The van der Waals surface area contributed by atoms with Crippen LogP contribution in [0.4, 0.5) is 0 Å². The fraction of sp³-hybridized carbons (Fsp3) is 0.294. The van der Waals surface area contributed by atoms with Gasteiger partial charge < -0.3 is 15.2 Å². The molecule has 1 aromatic heterocycles. The summed E-state index contributed by atoms with van der Waals surface area (Å²) in [5.41, 5.74) is 1.83. The van der Waals surface area contributed by atoms with E-state index < -0.39 is 0 Å². The lowest BCUT2D eigenvalue weighted by Crippen LogP contribution is -2.51. The lowest BCUT2D eigenvalue weighted by atomic mass is 10.0. The minimum atomic E-state index is -0.0453. The van der Waals surface area contributed by atoms with Crippen molar-refractivity contribution in [2.75, 3.05) is 19.6 Å². The quantitative estimate of drug-likeness (QED) is 0.845. The van der Waals surface area contributed by atoms with Gasteiger partial charge in [-0.1, -0.05) is 12.1 Å². The van der Waals surface area contributed by atoms with E-state index in [-0.39, 0.29) is 24.1 Å². The number of hydrogen-bond donors (Lipinski definition) is 2. The largest absolute Gasteiger partial charge is 0.367 e. The van der Waals surface area contributed by atoms with Crippen LogP contribution in [0.3, 0.4) is 0 Å². The fourth-order valence-corrected chi connectivity index (χ4v) is 2.70. The van der Waals surface area contributed by atoms with Crippen molar-refractivity contribution in [3.05, 3.63) is 59.4 Å². The van der Waals surface area contributed by atoms with Gasteiger partial charge in [-0.15, -0.1) is 12.4 Å². The van der Waals surface area contributed by atoms with Crippen LogP contribution in [0.5, 0.6) is 0 Å². The van der Waals surface area contributed by atoms with Crippen molar-refractivity contribution in [1.82, 2.24) is 15.2 Å². The van der Waals surface area contributed by atoms with E-state index in [4.69, 9.17) is 0 Å². The van der Waals surface area contributed by atoms with Gasteiger partial charge in [0, 0.05) is 54.8 Å². The summed E-state index contributed by atoms with van der Waals surface area (Å²) in [5, 5.41) is 3.32. The molecule has 1 saturated heterocycles. The first-order valence-corrected chi connectivity index (χ1v) is 7.45. The first kappa shape index (κ1) is 17.2. The molecule has 0 spiro atoms. The molecule has 1 fully saturated rings. The number of H-pyrrole nitrogens is 1. The van der Waals surface area contributed by atoms with Gasteiger partial charge >= 0.3 is 0 Å². The highest BCUT2D eigenvalue weighted by Crippen LogP contribution is 2.13. The number of carbonyl (C=O) groups is 2. The molecule has 0 aliphatic carbocycles. The first-order valence-electron chi connectivity index (χ1n) is 7.45. The van der Waals surface area contributed by atoms with E-state index >= 15 is 0 Å². The number of piperazine rings is 1. The lowest BCUT2D eigenvalue weighted by molar-refractivity contribution is 0.0709. The predicted molar refractivity (Wildman–Crippen MR) is 91.3 cm³/mol. The summed E-state index contributed by atoms with van der Waals surface area (Å²) in [5.74, 6) is -0.0231. The molecule has 1 aromatic carbocycles. The van der Waals surface area contributed by atoms with Crippen molar-refractivity contribution in [3.63, 3.8) is 0 Å². The van der Waals surface area contributed by atoms with Gasteiger partial charge in [-0.2, -0.15) is 0 Å². The average Bonchev–Trinajstić information content (AvgIpc) is 3.08. The Bertz CT molecular complexity index is 668. The van der Waals surface area contributed by atoms with Crippen LogP contribution >= 0.6 is 12.4 Å². The molecule has 23 heavy (non-hydrogen) atoms.